The second kappa shape index (κ2) is 5.61. The molecule has 62 valence electrons. The van der Waals surface area contributed by atoms with Gasteiger partial charge in [-0.05, 0) is 0 Å². The Morgan fingerprint density at radius 1 is 1.50 bits per heavy atom. The zero-order valence-electron chi connectivity index (χ0n) is 6.83. The van der Waals surface area contributed by atoms with Gasteiger partial charge in [0, 0.05) is 26.7 Å². The fraction of sp³-hybridized carbons (Fsp3) is 1.00. The molecule has 0 saturated heterocycles. The van der Waals surface area contributed by atoms with E-state index >= 15 is 0 Å². The highest BCUT2D eigenvalue weighted by Gasteiger charge is 2.04. The molecule has 0 heterocycles. The SMILES string of the molecule is COCC(N)CN(C)OC. The van der Waals surface area contributed by atoms with Gasteiger partial charge in [0.05, 0.1) is 13.7 Å². The Hall–Kier alpha value is -0.160. The van der Waals surface area contributed by atoms with Gasteiger partial charge in [0.2, 0.25) is 0 Å². The largest absolute Gasteiger partial charge is 0.383 e. The van der Waals surface area contributed by atoms with Crippen LogP contribution in [0.25, 0.3) is 0 Å². The van der Waals surface area contributed by atoms with Crippen LogP contribution in [0.2, 0.25) is 0 Å². The molecule has 0 radical (unpaired) electrons. The lowest BCUT2D eigenvalue weighted by Gasteiger charge is -2.17. The molecule has 0 spiro atoms. The second-order valence-electron chi connectivity index (χ2n) is 2.21. The minimum Gasteiger partial charge on any atom is -0.383 e. The third-order valence-corrected chi connectivity index (χ3v) is 1.18. The number of likely N-dealkylation sites (N-methyl/N-ethyl adjacent to an activating group) is 1. The number of hydrogen-bond acceptors (Lipinski definition) is 4. The molecule has 0 aliphatic heterocycles. The first-order chi connectivity index (χ1) is 4.70. The van der Waals surface area contributed by atoms with Gasteiger partial charge >= 0.3 is 0 Å². The molecule has 0 aromatic carbocycles. The molecule has 0 aliphatic carbocycles. The number of ether oxygens (including phenoxy) is 1. The van der Waals surface area contributed by atoms with Crippen LogP contribution in [0, 0.1) is 0 Å². The van der Waals surface area contributed by atoms with Crippen molar-refractivity contribution >= 4 is 0 Å². The molecule has 1 atom stereocenters. The molecule has 0 bridgehead atoms. The minimum absolute atomic E-state index is 0.0231. The van der Waals surface area contributed by atoms with Crippen LogP contribution in [0.5, 0.6) is 0 Å². The summed E-state index contributed by atoms with van der Waals surface area (Å²) < 4.78 is 4.84. The Bertz CT molecular complexity index is 80.1. The van der Waals surface area contributed by atoms with Gasteiger partial charge in [-0.3, -0.25) is 0 Å². The lowest BCUT2D eigenvalue weighted by molar-refractivity contribution is -0.114. The van der Waals surface area contributed by atoms with E-state index < -0.39 is 0 Å². The van der Waals surface area contributed by atoms with Crippen LogP contribution in [0.1, 0.15) is 0 Å². The molecule has 0 aromatic rings. The molecule has 0 rings (SSSR count). The van der Waals surface area contributed by atoms with Crippen LogP contribution in [0.15, 0.2) is 0 Å². The molecule has 2 N–H and O–H groups in total. The first-order valence-electron chi connectivity index (χ1n) is 3.20. The average molecular weight is 148 g/mol. The van der Waals surface area contributed by atoms with E-state index in [9.17, 15) is 0 Å². The van der Waals surface area contributed by atoms with E-state index in [0.29, 0.717) is 13.2 Å². The molecule has 0 aliphatic rings. The maximum absolute atomic E-state index is 5.61. The van der Waals surface area contributed by atoms with Crippen LogP contribution in [0.3, 0.4) is 0 Å². The zero-order valence-corrected chi connectivity index (χ0v) is 6.83. The van der Waals surface area contributed by atoms with Crippen molar-refractivity contribution in [3.8, 4) is 0 Å². The molecule has 1 unspecified atom stereocenters. The summed E-state index contributed by atoms with van der Waals surface area (Å²) in [6.07, 6.45) is 0. The van der Waals surface area contributed by atoms with E-state index in [4.69, 9.17) is 15.3 Å². The van der Waals surface area contributed by atoms with Crippen LogP contribution in [-0.4, -0.2) is 45.5 Å². The van der Waals surface area contributed by atoms with Crippen molar-refractivity contribution in [2.24, 2.45) is 5.73 Å². The van der Waals surface area contributed by atoms with Gasteiger partial charge in [0.25, 0.3) is 0 Å². The highest BCUT2D eigenvalue weighted by molar-refractivity contribution is 4.60. The van der Waals surface area contributed by atoms with Crippen LogP contribution in [0.4, 0.5) is 0 Å². The summed E-state index contributed by atoms with van der Waals surface area (Å²) in [4.78, 5) is 4.86. The summed E-state index contributed by atoms with van der Waals surface area (Å²) in [6.45, 7) is 1.25. The summed E-state index contributed by atoms with van der Waals surface area (Å²) >= 11 is 0. The fourth-order valence-corrected chi connectivity index (χ4v) is 0.672. The third kappa shape index (κ3) is 4.69. The molecule has 10 heavy (non-hydrogen) atoms. The normalized spacial score (nSPS) is 14.1. The highest BCUT2D eigenvalue weighted by Crippen LogP contribution is 1.85. The van der Waals surface area contributed by atoms with Gasteiger partial charge in [-0.1, -0.05) is 0 Å². The minimum atomic E-state index is 0.0231. The van der Waals surface area contributed by atoms with E-state index in [2.05, 4.69) is 0 Å². The Morgan fingerprint density at radius 3 is 2.50 bits per heavy atom. The van der Waals surface area contributed by atoms with Gasteiger partial charge in [-0.25, -0.2) is 0 Å². The molecule has 0 saturated carbocycles. The Labute approximate surface area is 61.8 Å². The Balaban J connectivity index is 3.27. The summed E-state index contributed by atoms with van der Waals surface area (Å²) in [5.74, 6) is 0. The molecule has 0 fully saturated rings. The molecular formula is C6H16N2O2. The number of nitrogens with zero attached hydrogens (tertiary/aromatic N) is 1. The monoisotopic (exact) mass is 148 g/mol. The molecule has 4 nitrogen and oxygen atoms in total. The average Bonchev–Trinajstić information content (AvgIpc) is 1.88. The predicted octanol–water partition coefficient (Wildman–Crippen LogP) is -0.547. The lowest BCUT2D eigenvalue weighted by Crippen LogP contribution is -2.37. The molecule has 0 aromatic heterocycles. The van der Waals surface area contributed by atoms with Crippen molar-refractivity contribution in [2.75, 3.05) is 34.4 Å². The van der Waals surface area contributed by atoms with Crippen molar-refractivity contribution < 1.29 is 9.57 Å². The van der Waals surface area contributed by atoms with Crippen LogP contribution in [-0.2, 0) is 9.57 Å². The smallest absolute Gasteiger partial charge is 0.0627 e. The van der Waals surface area contributed by atoms with Gasteiger partial charge in [0.15, 0.2) is 0 Å². The maximum atomic E-state index is 5.61. The first kappa shape index (κ1) is 9.84. The van der Waals surface area contributed by atoms with Gasteiger partial charge < -0.3 is 15.3 Å². The van der Waals surface area contributed by atoms with Gasteiger partial charge in [-0.15, -0.1) is 0 Å². The summed E-state index contributed by atoms with van der Waals surface area (Å²) in [7, 11) is 5.07. The number of nitrogens with two attached hydrogens (primary N) is 1. The molecule has 0 amide bonds. The Morgan fingerprint density at radius 2 is 2.10 bits per heavy atom. The van der Waals surface area contributed by atoms with Crippen molar-refractivity contribution in [2.45, 2.75) is 6.04 Å². The van der Waals surface area contributed by atoms with Gasteiger partial charge in [-0.2, -0.15) is 5.06 Å². The van der Waals surface area contributed by atoms with Crippen molar-refractivity contribution in [1.82, 2.24) is 5.06 Å². The van der Waals surface area contributed by atoms with E-state index in [1.807, 2.05) is 7.05 Å². The van der Waals surface area contributed by atoms with Crippen molar-refractivity contribution in [3.05, 3.63) is 0 Å². The fourth-order valence-electron chi connectivity index (χ4n) is 0.672. The summed E-state index contributed by atoms with van der Waals surface area (Å²) in [6, 6.07) is 0.0231. The number of hydroxylamine groups is 2. The first-order valence-corrected chi connectivity index (χ1v) is 3.20. The number of hydrogen-bond donors (Lipinski definition) is 1. The van der Waals surface area contributed by atoms with E-state index in [1.54, 1.807) is 19.3 Å². The van der Waals surface area contributed by atoms with E-state index in [-0.39, 0.29) is 6.04 Å². The van der Waals surface area contributed by atoms with Crippen LogP contribution >= 0.6 is 0 Å². The second-order valence-corrected chi connectivity index (χ2v) is 2.21. The van der Waals surface area contributed by atoms with Crippen molar-refractivity contribution in [1.29, 1.82) is 0 Å². The predicted molar refractivity (Wildman–Crippen MR) is 39.5 cm³/mol. The standard InChI is InChI=1S/C6H16N2O2/c1-8(10-3)4-6(7)5-9-2/h6H,4-5,7H2,1-3H3. The van der Waals surface area contributed by atoms with E-state index in [1.165, 1.54) is 0 Å². The van der Waals surface area contributed by atoms with Crippen LogP contribution < -0.4 is 5.73 Å². The van der Waals surface area contributed by atoms with E-state index in [0.717, 1.165) is 0 Å². The highest BCUT2D eigenvalue weighted by atomic mass is 16.7. The summed E-state index contributed by atoms with van der Waals surface area (Å²) in [5, 5.41) is 1.67. The molecular weight excluding hydrogens is 132 g/mol. The molecule has 4 heteroatoms. The quantitative estimate of drug-likeness (QED) is 0.532. The topological polar surface area (TPSA) is 47.7 Å². The zero-order chi connectivity index (χ0) is 7.98. The number of methoxy groups -OCH3 is 1. The third-order valence-electron chi connectivity index (χ3n) is 1.18. The lowest BCUT2D eigenvalue weighted by atomic mass is 10.3. The van der Waals surface area contributed by atoms with Crippen molar-refractivity contribution in [3.63, 3.8) is 0 Å². The summed E-state index contributed by atoms with van der Waals surface area (Å²) in [5.41, 5.74) is 5.61. The van der Waals surface area contributed by atoms with Gasteiger partial charge in [0.1, 0.15) is 0 Å². The maximum Gasteiger partial charge on any atom is 0.0627 e. The number of rotatable bonds is 5. The Kier molecular flexibility index (Phi) is 5.52.